The van der Waals surface area contributed by atoms with Gasteiger partial charge < -0.3 is 25.1 Å². The largest absolute Gasteiger partial charge is 0.490 e. The maximum atomic E-state index is 6.03. The van der Waals surface area contributed by atoms with E-state index >= 15 is 0 Å². The number of benzene rings is 2. The summed E-state index contributed by atoms with van der Waals surface area (Å²) in [7, 11) is 1.98. The molecule has 0 fully saturated rings. The molecule has 0 amide bonds. The number of imidazole rings is 1. The molecule has 1 aliphatic heterocycles. The van der Waals surface area contributed by atoms with E-state index in [4.69, 9.17) is 15.2 Å². The van der Waals surface area contributed by atoms with Crippen LogP contribution in [0.1, 0.15) is 12.2 Å². The van der Waals surface area contributed by atoms with Crippen molar-refractivity contribution in [2.24, 2.45) is 17.8 Å². The third kappa shape index (κ3) is 3.28. The molecule has 134 valence electrons. The molecular formula is C19H21N5O2. The highest BCUT2D eigenvalue weighted by Gasteiger charge is 2.11. The van der Waals surface area contributed by atoms with Gasteiger partial charge in [-0.1, -0.05) is 12.1 Å². The number of aromatic nitrogens is 2. The molecule has 7 heteroatoms. The molecule has 26 heavy (non-hydrogen) atoms. The number of rotatable bonds is 3. The third-order valence-corrected chi connectivity index (χ3v) is 4.29. The van der Waals surface area contributed by atoms with Crippen LogP contribution in [0.25, 0.3) is 11.0 Å². The van der Waals surface area contributed by atoms with Gasteiger partial charge in [0, 0.05) is 25.2 Å². The van der Waals surface area contributed by atoms with Gasteiger partial charge in [-0.15, -0.1) is 0 Å². The second-order valence-electron chi connectivity index (χ2n) is 6.11. The van der Waals surface area contributed by atoms with Gasteiger partial charge in [0.05, 0.1) is 24.2 Å². The summed E-state index contributed by atoms with van der Waals surface area (Å²) >= 11 is 0. The van der Waals surface area contributed by atoms with Crippen LogP contribution < -0.4 is 20.5 Å². The maximum Gasteiger partial charge on any atom is 0.193 e. The number of nitrogens with zero attached hydrogens (tertiary/aromatic N) is 3. The SMILES string of the molecule is Cn1c(CN=C(N)Nc2ccc3c(c2)OCCCO3)nc2ccccc21. The number of nitrogens with two attached hydrogens (primary N) is 1. The van der Waals surface area contributed by atoms with Crippen molar-refractivity contribution in [2.75, 3.05) is 18.5 Å². The molecule has 0 bridgehead atoms. The van der Waals surface area contributed by atoms with Crippen molar-refractivity contribution in [3.05, 3.63) is 48.3 Å². The van der Waals surface area contributed by atoms with Crippen molar-refractivity contribution in [1.82, 2.24) is 9.55 Å². The van der Waals surface area contributed by atoms with Crippen LogP contribution in [0, 0.1) is 0 Å². The van der Waals surface area contributed by atoms with E-state index in [1.54, 1.807) is 0 Å². The molecule has 4 rings (SSSR count). The zero-order valence-electron chi connectivity index (χ0n) is 14.6. The van der Waals surface area contributed by atoms with Crippen LogP contribution >= 0.6 is 0 Å². The number of hydrogen-bond acceptors (Lipinski definition) is 4. The molecule has 0 atom stereocenters. The lowest BCUT2D eigenvalue weighted by Crippen LogP contribution is -2.22. The van der Waals surface area contributed by atoms with Crippen LogP contribution in [0.15, 0.2) is 47.5 Å². The first-order valence-electron chi connectivity index (χ1n) is 8.57. The Morgan fingerprint density at radius 2 is 2.00 bits per heavy atom. The lowest BCUT2D eigenvalue weighted by molar-refractivity contribution is 0.297. The minimum Gasteiger partial charge on any atom is -0.490 e. The van der Waals surface area contributed by atoms with Gasteiger partial charge in [-0.2, -0.15) is 0 Å². The number of nitrogens with one attached hydrogen (secondary N) is 1. The summed E-state index contributed by atoms with van der Waals surface area (Å²) in [5.41, 5.74) is 8.87. The van der Waals surface area contributed by atoms with Gasteiger partial charge in [0.1, 0.15) is 12.4 Å². The van der Waals surface area contributed by atoms with Crippen LogP contribution in [0.2, 0.25) is 0 Å². The van der Waals surface area contributed by atoms with Gasteiger partial charge in [0.15, 0.2) is 17.5 Å². The average Bonchev–Trinajstić information content (AvgIpc) is 2.81. The van der Waals surface area contributed by atoms with E-state index in [2.05, 4.69) is 15.3 Å². The van der Waals surface area contributed by atoms with Gasteiger partial charge in [-0.05, 0) is 24.3 Å². The fourth-order valence-electron chi connectivity index (χ4n) is 2.92. The molecule has 1 aromatic heterocycles. The monoisotopic (exact) mass is 351 g/mol. The predicted molar refractivity (Wildman–Crippen MR) is 102 cm³/mol. The van der Waals surface area contributed by atoms with E-state index in [1.165, 1.54) is 0 Å². The van der Waals surface area contributed by atoms with Crippen LogP contribution in [0.3, 0.4) is 0 Å². The van der Waals surface area contributed by atoms with E-state index in [0.717, 1.165) is 40.5 Å². The summed E-state index contributed by atoms with van der Waals surface area (Å²) in [6.07, 6.45) is 0.874. The van der Waals surface area contributed by atoms with E-state index in [9.17, 15) is 0 Å². The fraction of sp³-hybridized carbons (Fsp3) is 0.263. The van der Waals surface area contributed by atoms with Crippen molar-refractivity contribution in [2.45, 2.75) is 13.0 Å². The molecule has 1 aliphatic rings. The van der Waals surface area contributed by atoms with Crippen molar-refractivity contribution in [3.63, 3.8) is 0 Å². The number of aryl methyl sites for hydroxylation is 1. The summed E-state index contributed by atoms with van der Waals surface area (Å²) in [5.74, 6) is 2.65. The highest BCUT2D eigenvalue weighted by Crippen LogP contribution is 2.32. The number of para-hydroxylation sites is 2. The Morgan fingerprint density at radius 1 is 1.19 bits per heavy atom. The van der Waals surface area contributed by atoms with Gasteiger partial charge in [0.25, 0.3) is 0 Å². The normalized spacial score (nSPS) is 14.3. The Kier molecular flexibility index (Phi) is 4.35. The molecule has 0 radical (unpaired) electrons. The van der Waals surface area contributed by atoms with Crippen LogP contribution in [0.4, 0.5) is 5.69 Å². The molecule has 7 nitrogen and oxygen atoms in total. The summed E-state index contributed by atoms with van der Waals surface area (Å²) < 4.78 is 13.3. The van der Waals surface area contributed by atoms with Gasteiger partial charge in [0.2, 0.25) is 0 Å². The zero-order valence-corrected chi connectivity index (χ0v) is 14.6. The fourth-order valence-corrected chi connectivity index (χ4v) is 2.92. The van der Waals surface area contributed by atoms with Crippen LogP contribution in [-0.4, -0.2) is 28.7 Å². The molecule has 0 spiro atoms. The Hall–Kier alpha value is -3.22. The molecule has 2 aromatic carbocycles. The number of ether oxygens (including phenoxy) is 2. The Bertz CT molecular complexity index is 964. The first kappa shape index (κ1) is 16.3. The van der Waals surface area contributed by atoms with E-state index in [-0.39, 0.29) is 0 Å². The number of fused-ring (bicyclic) bond motifs is 2. The summed E-state index contributed by atoms with van der Waals surface area (Å²) in [6.45, 7) is 1.71. The minimum absolute atomic E-state index is 0.326. The highest BCUT2D eigenvalue weighted by molar-refractivity contribution is 5.92. The molecule has 0 saturated heterocycles. The van der Waals surface area contributed by atoms with Gasteiger partial charge in [-0.3, -0.25) is 0 Å². The van der Waals surface area contributed by atoms with Crippen molar-refractivity contribution < 1.29 is 9.47 Å². The number of guanidine groups is 1. The molecule has 0 saturated carbocycles. The average molecular weight is 351 g/mol. The van der Waals surface area contributed by atoms with E-state index in [0.29, 0.717) is 25.7 Å². The van der Waals surface area contributed by atoms with Crippen LogP contribution in [0.5, 0.6) is 11.5 Å². The smallest absolute Gasteiger partial charge is 0.193 e. The molecule has 0 unspecified atom stereocenters. The standard InChI is InChI=1S/C19H21N5O2/c1-24-15-6-3-2-5-14(15)23-18(24)12-21-19(20)22-13-7-8-16-17(11-13)26-10-4-9-25-16/h2-3,5-8,11H,4,9-10,12H2,1H3,(H3,20,21,22). The second kappa shape index (κ2) is 6.95. The minimum atomic E-state index is 0.326. The number of hydrogen-bond donors (Lipinski definition) is 2. The van der Waals surface area contributed by atoms with E-state index in [1.807, 2.05) is 54.1 Å². The lowest BCUT2D eigenvalue weighted by Gasteiger charge is -2.10. The molecule has 0 aliphatic carbocycles. The van der Waals surface area contributed by atoms with Crippen molar-refractivity contribution in [1.29, 1.82) is 0 Å². The third-order valence-electron chi connectivity index (χ3n) is 4.29. The maximum absolute atomic E-state index is 6.03. The topological polar surface area (TPSA) is 86.7 Å². The number of aliphatic imine (C=N–C) groups is 1. The van der Waals surface area contributed by atoms with Gasteiger partial charge >= 0.3 is 0 Å². The predicted octanol–water partition coefficient (Wildman–Crippen LogP) is 2.66. The van der Waals surface area contributed by atoms with Crippen LogP contribution in [-0.2, 0) is 13.6 Å². The summed E-state index contributed by atoms with van der Waals surface area (Å²) in [4.78, 5) is 9.00. The lowest BCUT2D eigenvalue weighted by atomic mass is 10.3. The summed E-state index contributed by atoms with van der Waals surface area (Å²) in [6, 6.07) is 13.6. The molecular weight excluding hydrogens is 330 g/mol. The first-order valence-corrected chi connectivity index (χ1v) is 8.57. The highest BCUT2D eigenvalue weighted by atomic mass is 16.5. The van der Waals surface area contributed by atoms with Gasteiger partial charge in [-0.25, -0.2) is 9.98 Å². The Balaban J connectivity index is 1.48. The summed E-state index contributed by atoms with van der Waals surface area (Å²) in [5, 5.41) is 3.09. The zero-order chi connectivity index (χ0) is 17.9. The van der Waals surface area contributed by atoms with E-state index < -0.39 is 0 Å². The first-order chi connectivity index (χ1) is 12.7. The van der Waals surface area contributed by atoms with Crippen molar-refractivity contribution >= 4 is 22.7 Å². The molecule has 3 N–H and O–H groups in total. The number of anilines is 1. The molecule has 3 aromatic rings. The molecule has 2 heterocycles. The second-order valence-corrected chi connectivity index (χ2v) is 6.11. The quantitative estimate of drug-likeness (QED) is 0.560. The Labute approximate surface area is 151 Å². The Morgan fingerprint density at radius 3 is 2.85 bits per heavy atom. The van der Waals surface area contributed by atoms with Crippen molar-refractivity contribution in [3.8, 4) is 11.5 Å².